The van der Waals surface area contributed by atoms with Gasteiger partial charge in [-0.2, -0.15) is 0 Å². The van der Waals surface area contributed by atoms with Crippen molar-refractivity contribution in [2.75, 3.05) is 35.3 Å². The molecule has 0 heterocycles. The van der Waals surface area contributed by atoms with Crippen LogP contribution in [-0.2, 0) is 18.9 Å². The topological polar surface area (TPSA) is 248 Å². The maximum Gasteiger partial charge on any atom is 0.410 e. The van der Waals surface area contributed by atoms with E-state index in [0.717, 1.165) is 120 Å². The van der Waals surface area contributed by atoms with Crippen molar-refractivity contribution in [2.24, 2.45) is 5.73 Å². The Hall–Kier alpha value is -8.31. The first-order valence-corrected chi connectivity index (χ1v) is 45.1. The zero-order chi connectivity index (χ0) is 90.3. The highest BCUT2D eigenvalue weighted by Crippen LogP contribution is 2.50. The van der Waals surface area contributed by atoms with E-state index < -0.39 is 40.9 Å². The molecule has 0 bridgehead atoms. The lowest BCUT2D eigenvalue weighted by Gasteiger charge is -2.38. The molecule has 7 aliphatic carbocycles. The van der Waals surface area contributed by atoms with E-state index in [9.17, 15) is 38.7 Å². The molecule has 0 saturated heterocycles. The van der Waals surface area contributed by atoms with Crippen molar-refractivity contribution in [2.45, 2.75) is 235 Å². The van der Waals surface area contributed by atoms with Gasteiger partial charge in [-0.05, 0) is 323 Å². The lowest BCUT2D eigenvalue weighted by atomic mass is 9.76. The van der Waals surface area contributed by atoms with E-state index in [1.807, 2.05) is 166 Å². The predicted octanol–water partition coefficient (Wildman–Crippen LogP) is 25.0. The Morgan fingerprint density at radius 3 is 0.903 bits per heavy atom. The van der Waals surface area contributed by atoms with Crippen LogP contribution < -0.4 is 21.7 Å². The molecule has 124 heavy (non-hydrogen) atoms. The summed E-state index contributed by atoms with van der Waals surface area (Å²) in [7, 11) is 8.51. The van der Waals surface area contributed by atoms with Crippen molar-refractivity contribution >= 4 is 135 Å². The quantitative estimate of drug-likeness (QED) is 0.0502. The molecule has 7 aliphatic rings. The highest BCUT2D eigenvalue weighted by atomic mass is 35.5. The third-order valence-electron chi connectivity index (χ3n) is 23.1. The Balaban J connectivity index is 0.000000159. The smallest absolute Gasteiger partial charge is 0.410 e. The van der Waals surface area contributed by atoms with Crippen LogP contribution in [0.25, 0.3) is 0 Å². The number of carbonyl (C=O) groups excluding carboxylic acids is 6. The minimum absolute atomic E-state index is 0.0286. The molecule has 8 atom stereocenters. The minimum Gasteiger partial charge on any atom is -0.478 e. The number of carbonyl (C=O) groups is 7. The highest BCUT2D eigenvalue weighted by molar-refractivity contribution is 6.43. The number of ether oxygens (including phenoxy) is 4. The second kappa shape index (κ2) is 41.2. The number of hydrogen-bond acceptors (Lipinski definition) is 13. The Labute approximate surface area is 768 Å². The monoisotopic (exact) mass is 1850 g/mol. The summed E-state index contributed by atoms with van der Waals surface area (Å²) in [6.45, 7) is 16.5. The Bertz CT molecular complexity index is 5270. The van der Waals surface area contributed by atoms with E-state index >= 15 is 0 Å². The van der Waals surface area contributed by atoms with Gasteiger partial charge >= 0.3 is 30.2 Å². The van der Waals surface area contributed by atoms with Gasteiger partial charge in [-0.1, -0.05) is 141 Å². The number of rotatable bonds is 14. The van der Waals surface area contributed by atoms with Crippen LogP contribution in [0.4, 0.5) is 14.4 Å². The fraction of sp³-hybridized carbons (Fsp3) is 0.433. The molecule has 662 valence electrons. The first-order valence-electron chi connectivity index (χ1n) is 42.1. The molecule has 3 saturated carbocycles. The molecule has 19 nitrogen and oxygen atoms in total. The molecule has 5 amide bonds. The summed E-state index contributed by atoms with van der Waals surface area (Å²) in [6.07, 6.45) is 12.1. The lowest BCUT2D eigenvalue weighted by Crippen LogP contribution is -2.38. The summed E-state index contributed by atoms with van der Waals surface area (Å²) >= 11 is 49.4. The number of nitrogens with two attached hydrogens (primary N) is 1. The summed E-state index contributed by atoms with van der Waals surface area (Å²) in [5.41, 5.74) is 17.9. The molecule has 0 spiro atoms. The van der Waals surface area contributed by atoms with Crippen LogP contribution in [0.2, 0.25) is 40.2 Å². The third-order valence-corrected chi connectivity index (χ3v) is 26.0. The average Bonchev–Trinajstić information content (AvgIpc) is 1.77. The van der Waals surface area contributed by atoms with Crippen molar-refractivity contribution in [1.29, 1.82) is 0 Å². The maximum atomic E-state index is 12.9. The van der Waals surface area contributed by atoms with Gasteiger partial charge in [-0.3, -0.25) is 9.59 Å². The number of esters is 1. The maximum absolute atomic E-state index is 12.9. The second-order valence-corrected chi connectivity index (χ2v) is 39.1. The Morgan fingerprint density at radius 2 is 0.629 bits per heavy atom. The van der Waals surface area contributed by atoms with Crippen LogP contribution in [0.3, 0.4) is 0 Å². The number of carboxylic acids is 1. The molecule has 27 heteroatoms. The minimum atomic E-state index is -1.01. The van der Waals surface area contributed by atoms with Crippen LogP contribution in [0, 0.1) is 0 Å². The lowest BCUT2D eigenvalue weighted by molar-refractivity contribution is 0.0192. The predicted molar refractivity (Wildman–Crippen MR) is 494 cm³/mol. The van der Waals surface area contributed by atoms with Gasteiger partial charge in [-0.15, -0.1) is 0 Å². The first kappa shape index (κ1) is 96.3. The van der Waals surface area contributed by atoms with E-state index in [4.69, 9.17) is 117 Å². The third kappa shape index (κ3) is 25.1. The number of benzene rings is 8. The number of hydrogen-bond donors (Lipinski definition) is 5. The van der Waals surface area contributed by atoms with Gasteiger partial charge in [-0.25, -0.2) is 24.0 Å². The van der Waals surface area contributed by atoms with Gasteiger partial charge in [0.1, 0.15) is 16.8 Å². The van der Waals surface area contributed by atoms with Crippen molar-refractivity contribution in [3.05, 3.63) is 275 Å². The molecule has 6 N–H and O–H groups in total. The van der Waals surface area contributed by atoms with Crippen molar-refractivity contribution in [3.8, 4) is 0 Å². The molecule has 0 aromatic heterocycles. The molecular formula is C97H111Cl8N7O12. The SMILES string of the molecule is CN(C(=O)OC(C)(C)C)[C@H]1CC[C@@H](c2ccc(Cl)c(Cl)c2)c2ccc(C(=O)NC3CC3)cc21.CN(C(=O)OC(C)(C)C)[C@H]1CC[C@@H](c2ccc(Cl)c(Cl)c2)c2ccc(C(=O)O)cc21.CN[C@H]1CC[C@@H](c2ccc(Cl)c(Cl)c2)c2ccc(C(=O)NC3CC3)cc21.COC(=O)c1ccc2c(c1)[C@@H](N(C)C(=O)OC(C)(C)C)CC[C@H]2c1ccc(Cl)c(Cl)c1.NC1CC1. The Kier molecular flexibility index (Phi) is 32.0. The molecule has 8 aromatic rings. The number of fused-ring (bicyclic) bond motifs is 4. The fourth-order valence-electron chi connectivity index (χ4n) is 16.2. The number of carboxylic acid groups (broad SMARTS) is 1. The number of methoxy groups -OCH3 is 1. The zero-order valence-corrected chi connectivity index (χ0v) is 78.5. The van der Waals surface area contributed by atoms with Crippen molar-refractivity contribution in [3.63, 3.8) is 0 Å². The summed E-state index contributed by atoms with van der Waals surface area (Å²) in [5.74, 6) is -1.01. The standard InChI is InChI=1S/C26H30Cl2N2O3.C24H27Cl2NO4.C23H25Cl2NO4.C21H22Cl2N2O.C3H7N/c1-26(2,3)33-25(32)30(4)23-12-10-18(15-6-11-21(27)22(28)14-15)19-9-5-16(13-20(19)23)24(31)29-17-7-8-17;1-24(2,3)31-23(29)27(4)21-11-9-16(14-7-10-19(25)20(26)13-14)17-8-6-15(12-18(17)21)22(28)30-5;1-23(2,3)30-22(29)26(4)20-10-8-15(13-6-9-18(24)19(25)12-13)16-7-5-14(21(27)28)11-17(16)20;1-24-20-9-7-15(12-3-8-18(22)19(23)11-12)16-6-2-13(10-17(16)20)21(26)25-14-4-5-14;4-3-1-2-3/h5-6,9,11,13-14,17-18,23H,7-8,10,12H2,1-4H3,(H,29,31);6-8,10,12-13,16,21H,9,11H2,1-5H3;5-7,9,11-12,15,20H,8,10H2,1-4H3,(H,27,28);2-3,6,8,10-11,14-15,20,24H,4-5,7,9H2,1H3,(H,25,26);3H,1-2,4H2/t18-,23-;16-,21-;2*15-,20-;/m0000./s1. The van der Waals surface area contributed by atoms with Crippen LogP contribution in [0.1, 0.15) is 308 Å². The summed E-state index contributed by atoms with van der Waals surface area (Å²) < 4.78 is 21.6. The number of aromatic carboxylic acids is 1. The van der Waals surface area contributed by atoms with Crippen molar-refractivity contribution in [1.82, 2.24) is 30.7 Å². The highest BCUT2D eigenvalue weighted by Gasteiger charge is 2.40. The Morgan fingerprint density at radius 1 is 0.355 bits per heavy atom. The zero-order valence-electron chi connectivity index (χ0n) is 72.5. The van der Waals surface area contributed by atoms with E-state index in [2.05, 4.69) is 34.1 Å². The van der Waals surface area contributed by atoms with E-state index in [1.54, 1.807) is 66.2 Å². The molecule has 8 aromatic carbocycles. The van der Waals surface area contributed by atoms with Gasteiger partial charge < -0.3 is 60.4 Å². The number of nitrogens with one attached hydrogen (secondary N) is 3. The summed E-state index contributed by atoms with van der Waals surface area (Å²) in [6, 6.07) is 46.1. The first-order chi connectivity index (χ1) is 58.5. The normalized spacial score (nSPS) is 19.8. The molecule has 0 unspecified atom stereocenters. The number of amides is 5. The average molecular weight is 1850 g/mol. The molecular weight excluding hydrogens is 1740 g/mol. The van der Waals surface area contributed by atoms with Gasteiger partial charge in [0, 0.05) is 80.1 Å². The molecule has 0 aliphatic heterocycles. The van der Waals surface area contributed by atoms with E-state index in [-0.39, 0.29) is 77.4 Å². The number of halogens is 8. The van der Waals surface area contributed by atoms with Crippen LogP contribution in [0.5, 0.6) is 0 Å². The van der Waals surface area contributed by atoms with Gasteiger partial charge in [0.05, 0.1) is 76.5 Å². The summed E-state index contributed by atoms with van der Waals surface area (Å²) in [4.78, 5) is 92.1. The van der Waals surface area contributed by atoms with Gasteiger partial charge in [0.2, 0.25) is 0 Å². The van der Waals surface area contributed by atoms with Crippen molar-refractivity contribution < 1.29 is 57.6 Å². The largest absolute Gasteiger partial charge is 0.478 e. The second-order valence-electron chi connectivity index (χ2n) is 35.9. The van der Waals surface area contributed by atoms with E-state index in [1.165, 1.54) is 36.6 Å². The van der Waals surface area contributed by atoms with E-state index in [0.29, 0.717) is 76.2 Å². The van der Waals surface area contributed by atoms with Crippen LogP contribution in [-0.4, -0.2) is 132 Å². The van der Waals surface area contributed by atoms with Crippen LogP contribution >= 0.6 is 92.8 Å². The molecule has 15 rings (SSSR count). The number of nitrogens with zero attached hydrogens (tertiary/aromatic N) is 3. The molecule has 0 radical (unpaired) electrons. The van der Waals surface area contributed by atoms with Crippen LogP contribution in [0.15, 0.2) is 146 Å². The summed E-state index contributed by atoms with van der Waals surface area (Å²) in [5, 5.41) is 23.2. The molecule has 3 fully saturated rings. The fourth-order valence-corrected chi connectivity index (χ4v) is 17.5. The van der Waals surface area contributed by atoms with Gasteiger partial charge in [0.15, 0.2) is 0 Å². The van der Waals surface area contributed by atoms with Gasteiger partial charge in [0.25, 0.3) is 11.8 Å².